The van der Waals surface area contributed by atoms with E-state index in [2.05, 4.69) is 15.7 Å². The average molecular weight is 364 g/mol. The Kier molecular flexibility index (Phi) is 5.27. The smallest absolute Gasteiger partial charge is 0.288 e. The monoisotopic (exact) mass is 364 g/mol. The Hall–Kier alpha value is -3.94. The summed E-state index contributed by atoms with van der Waals surface area (Å²) in [6.45, 7) is -0.315. The van der Waals surface area contributed by atoms with Crippen molar-refractivity contribution in [2.45, 2.75) is 0 Å². The molecule has 3 aromatic rings. The molecule has 136 valence electrons. The Balaban J connectivity index is 1.63. The molecule has 8 nitrogen and oxygen atoms in total. The molecule has 0 aliphatic rings. The summed E-state index contributed by atoms with van der Waals surface area (Å²) in [5, 5.41) is 7.23. The van der Waals surface area contributed by atoms with E-state index in [4.69, 9.17) is 0 Å². The van der Waals surface area contributed by atoms with Gasteiger partial charge in [-0.1, -0.05) is 36.4 Å². The normalized spacial score (nSPS) is 10.2. The molecule has 0 bridgehead atoms. The largest absolute Gasteiger partial charge is 0.343 e. The molecule has 3 rings (SSSR count). The molecular formula is C19H16N4O4. The highest BCUT2D eigenvalue weighted by Gasteiger charge is 2.14. The lowest BCUT2D eigenvalue weighted by Crippen LogP contribution is -2.32. The van der Waals surface area contributed by atoms with Crippen LogP contribution in [0.5, 0.6) is 0 Å². The Morgan fingerprint density at radius 2 is 1.41 bits per heavy atom. The molecule has 0 radical (unpaired) electrons. The zero-order valence-electron chi connectivity index (χ0n) is 14.1. The van der Waals surface area contributed by atoms with E-state index >= 15 is 0 Å². The second kappa shape index (κ2) is 7.96. The highest BCUT2D eigenvalue weighted by atomic mass is 16.2. The molecule has 0 unspecified atom stereocenters. The average Bonchev–Trinajstić information content (AvgIpc) is 3.07. The lowest BCUT2D eigenvalue weighted by molar-refractivity contribution is 0.0850. The number of rotatable bonds is 5. The molecule has 0 aliphatic carbocycles. The van der Waals surface area contributed by atoms with Crippen molar-refractivity contribution < 1.29 is 14.4 Å². The fraction of sp³-hybridized carbons (Fsp3) is 0.0526. The first kappa shape index (κ1) is 17.9. The van der Waals surface area contributed by atoms with Crippen LogP contribution < -0.4 is 16.2 Å². The van der Waals surface area contributed by atoms with Gasteiger partial charge in [-0.3, -0.25) is 24.3 Å². The lowest BCUT2D eigenvalue weighted by atomic mass is 10.2. The first-order valence-electron chi connectivity index (χ1n) is 8.09. The minimum absolute atomic E-state index is 0.0633. The van der Waals surface area contributed by atoms with Gasteiger partial charge in [0.15, 0.2) is 0 Å². The zero-order chi connectivity index (χ0) is 19.2. The van der Waals surface area contributed by atoms with Gasteiger partial charge < -0.3 is 10.6 Å². The fourth-order valence-corrected chi connectivity index (χ4v) is 2.33. The van der Waals surface area contributed by atoms with Crippen LogP contribution in [0.25, 0.3) is 0 Å². The number of hydrogen-bond donors (Lipinski definition) is 3. The van der Waals surface area contributed by atoms with E-state index in [1.54, 1.807) is 60.7 Å². The van der Waals surface area contributed by atoms with Gasteiger partial charge in [0.25, 0.3) is 23.3 Å². The predicted molar refractivity (Wildman–Crippen MR) is 98.8 cm³/mol. The number of amides is 2. The molecule has 2 aromatic carbocycles. The van der Waals surface area contributed by atoms with Crippen molar-refractivity contribution in [1.29, 1.82) is 0 Å². The standard InChI is InChI=1S/C19H16N4O4/c24-16(11-20-17(25)13-7-3-1-4-8-13)23-12-15(19(27)22-23)21-18(26)14-9-5-2-6-10-14/h1-10,12H,11H2,(H,20,25)(H,21,26)(H,22,27). The minimum atomic E-state index is -0.623. The number of H-pyrrole nitrogens is 1. The molecule has 0 aliphatic heterocycles. The number of nitrogens with one attached hydrogen (secondary N) is 3. The van der Waals surface area contributed by atoms with Gasteiger partial charge in [-0.2, -0.15) is 0 Å². The molecule has 0 saturated carbocycles. The van der Waals surface area contributed by atoms with E-state index in [0.717, 1.165) is 4.68 Å². The van der Waals surface area contributed by atoms with E-state index < -0.39 is 23.3 Å². The Labute approximate surface area is 153 Å². The van der Waals surface area contributed by atoms with Crippen molar-refractivity contribution in [2.24, 2.45) is 0 Å². The van der Waals surface area contributed by atoms with E-state index in [-0.39, 0.29) is 12.2 Å². The van der Waals surface area contributed by atoms with Gasteiger partial charge in [-0.25, -0.2) is 4.68 Å². The van der Waals surface area contributed by atoms with Crippen LogP contribution in [0.2, 0.25) is 0 Å². The Bertz CT molecular complexity index is 1020. The minimum Gasteiger partial charge on any atom is -0.343 e. The maximum atomic E-state index is 12.2. The number of aromatic nitrogens is 2. The van der Waals surface area contributed by atoms with E-state index in [1.807, 2.05) is 0 Å². The molecule has 0 spiro atoms. The Morgan fingerprint density at radius 1 is 0.852 bits per heavy atom. The topological polar surface area (TPSA) is 113 Å². The van der Waals surface area contributed by atoms with Crippen LogP contribution in [0, 0.1) is 0 Å². The number of carbonyl (C=O) groups is 3. The molecule has 2 amide bonds. The molecule has 3 N–H and O–H groups in total. The van der Waals surface area contributed by atoms with Gasteiger partial charge >= 0.3 is 0 Å². The number of aromatic amines is 1. The fourth-order valence-electron chi connectivity index (χ4n) is 2.33. The third-order valence-corrected chi connectivity index (χ3v) is 3.71. The highest BCUT2D eigenvalue weighted by molar-refractivity contribution is 6.04. The molecule has 0 saturated heterocycles. The summed E-state index contributed by atoms with van der Waals surface area (Å²) in [6, 6.07) is 16.8. The Morgan fingerprint density at radius 3 is 2.00 bits per heavy atom. The van der Waals surface area contributed by atoms with E-state index in [9.17, 15) is 19.2 Å². The van der Waals surface area contributed by atoms with Crippen molar-refractivity contribution >= 4 is 23.4 Å². The maximum Gasteiger partial charge on any atom is 0.288 e. The summed E-state index contributed by atoms with van der Waals surface area (Å²) in [4.78, 5) is 48.2. The van der Waals surface area contributed by atoms with Gasteiger partial charge in [-0.15, -0.1) is 0 Å². The molecule has 0 atom stereocenters. The first-order valence-corrected chi connectivity index (χ1v) is 8.09. The van der Waals surface area contributed by atoms with Crippen LogP contribution in [0.1, 0.15) is 25.5 Å². The summed E-state index contributed by atoms with van der Waals surface area (Å²) in [5.74, 6) is -1.43. The summed E-state index contributed by atoms with van der Waals surface area (Å²) < 4.78 is 0.925. The van der Waals surface area contributed by atoms with E-state index in [1.165, 1.54) is 6.20 Å². The molecule has 1 heterocycles. The summed E-state index contributed by atoms with van der Waals surface area (Å²) >= 11 is 0. The lowest BCUT2D eigenvalue weighted by Gasteiger charge is -2.05. The van der Waals surface area contributed by atoms with Gasteiger partial charge in [0, 0.05) is 11.1 Å². The third kappa shape index (κ3) is 4.37. The second-order valence-electron chi connectivity index (χ2n) is 5.62. The molecule has 8 heteroatoms. The summed E-state index contributed by atoms with van der Waals surface area (Å²) in [6.07, 6.45) is 1.18. The van der Waals surface area contributed by atoms with Crippen LogP contribution in [-0.4, -0.2) is 34.0 Å². The van der Waals surface area contributed by atoms with Gasteiger partial charge in [0.2, 0.25) is 0 Å². The van der Waals surface area contributed by atoms with Crippen molar-refractivity contribution in [3.05, 3.63) is 88.3 Å². The molecule has 1 aromatic heterocycles. The van der Waals surface area contributed by atoms with Crippen LogP contribution in [0.3, 0.4) is 0 Å². The molecular weight excluding hydrogens is 348 g/mol. The van der Waals surface area contributed by atoms with Crippen molar-refractivity contribution in [3.63, 3.8) is 0 Å². The van der Waals surface area contributed by atoms with Crippen LogP contribution in [0.4, 0.5) is 5.69 Å². The van der Waals surface area contributed by atoms with Crippen LogP contribution >= 0.6 is 0 Å². The number of nitrogens with zero attached hydrogens (tertiary/aromatic N) is 1. The van der Waals surface area contributed by atoms with Gasteiger partial charge in [0.05, 0.1) is 12.7 Å². The number of hydrogen-bond acceptors (Lipinski definition) is 4. The van der Waals surface area contributed by atoms with Crippen LogP contribution in [0.15, 0.2) is 71.7 Å². The van der Waals surface area contributed by atoms with E-state index in [0.29, 0.717) is 11.1 Å². The van der Waals surface area contributed by atoms with Gasteiger partial charge in [-0.05, 0) is 24.3 Å². The number of carbonyl (C=O) groups excluding carboxylic acids is 3. The zero-order valence-corrected chi connectivity index (χ0v) is 14.1. The number of anilines is 1. The van der Waals surface area contributed by atoms with Crippen LogP contribution in [-0.2, 0) is 0 Å². The van der Waals surface area contributed by atoms with Crippen molar-refractivity contribution in [2.75, 3.05) is 11.9 Å². The second-order valence-corrected chi connectivity index (χ2v) is 5.62. The SMILES string of the molecule is O=C(NCC(=O)n1cc(NC(=O)c2ccccc2)c(=O)[nH]1)c1ccccc1. The predicted octanol–water partition coefficient (Wildman–Crippen LogP) is 1.50. The maximum absolute atomic E-state index is 12.2. The third-order valence-electron chi connectivity index (χ3n) is 3.71. The molecule has 27 heavy (non-hydrogen) atoms. The van der Waals surface area contributed by atoms with Crippen molar-refractivity contribution in [1.82, 2.24) is 15.1 Å². The highest BCUT2D eigenvalue weighted by Crippen LogP contribution is 2.04. The summed E-state index contributed by atoms with van der Waals surface area (Å²) in [5.41, 5.74) is 0.113. The first-order chi connectivity index (χ1) is 13.0. The molecule has 0 fully saturated rings. The number of benzene rings is 2. The van der Waals surface area contributed by atoms with Crippen molar-refractivity contribution in [3.8, 4) is 0 Å². The quantitative estimate of drug-likeness (QED) is 0.637. The van der Waals surface area contributed by atoms with Gasteiger partial charge in [0.1, 0.15) is 5.69 Å². The summed E-state index contributed by atoms with van der Waals surface area (Å²) in [7, 11) is 0.